The van der Waals surface area contributed by atoms with Crippen LogP contribution in [0, 0.1) is 13.8 Å². The first kappa shape index (κ1) is 38.4. The van der Waals surface area contributed by atoms with Crippen LogP contribution in [0.2, 0.25) is 0 Å². The molecular formula is C32H51N5O7S. The minimum absolute atomic E-state index is 0.0228. The second kappa shape index (κ2) is 19.6. The fourth-order valence-corrected chi connectivity index (χ4v) is 4.46. The standard InChI is InChI=1S/C27H39N5O6S.C5H12O/c1-19-20(2)31-32-25(19)30-26-21-16-24(39-27(3,4)5)23(17-22(21)28-18-29-26)38-15-14-37-13-12-36-11-10-35-9-8-34-7-6-33;1-5(2,3)6-4/h6,16-18H,7-15H2,1-5H3,(H2,28,29,30,31,32);1-4H3. The van der Waals surface area contributed by atoms with Crippen LogP contribution in [0.5, 0.6) is 5.75 Å². The van der Waals surface area contributed by atoms with Crippen molar-refractivity contribution in [3.63, 3.8) is 0 Å². The van der Waals surface area contributed by atoms with Gasteiger partial charge in [0, 0.05) is 34.6 Å². The Labute approximate surface area is 271 Å². The maximum atomic E-state index is 10.1. The van der Waals surface area contributed by atoms with Crippen LogP contribution in [-0.4, -0.2) is 103 Å². The zero-order valence-corrected chi connectivity index (χ0v) is 29.1. The number of anilines is 2. The lowest BCUT2D eigenvalue weighted by Gasteiger charge is -2.21. The van der Waals surface area contributed by atoms with Crippen LogP contribution in [-0.2, 0) is 28.5 Å². The molecule has 252 valence electrons. The van der Waals surface area contributed by atoms with Crippen molar-refractivity contribution in [1.82, 2.24) is 20.2 Å². The highest BCUT2D eigenvalue weighted by Gasteiger charge is 2.19. The number of nitrogens with one attached hydrogen (secondary N) is 2. The van der Waals surface area contributed by atoms with E-state index in [4.69, 9.17) is 28.4 Å². The number of carbonyl (C=O) groups excluding carboxylic acids is 1. The summed E-state index contributed by atoms with van der Waals surface area (Å²) in [7, 11) is 1.71. The van der Waals surface area contributed by atoms with E-state index < -0.39 is 0 Å². The van der Waals surface area contributed by atoms with E-state index in [1.165, 1.54) is 6.33 Å². The van der Waals surface area contributed by atoms with E-state index >= 15 is 0 Å². The molecule has 12 nitrogen and oxygen atoms in total. The first-order valence-corrected chi connectivity index (χ1v) is 15.8. The summed E-state index contributed by atoms with van der Waals surface area (Å²) >= 11 is 1.73. The molecule has 0 bridgehead atoms. The summed E-state index contributed by atoms with van der Waals surface area (Å²) in [5, 5.41) is 11.6. The van der Waals surface area contributed by atoms with Crippen LogP contribution in [0.25, 0.3) is 10.9 Å². The van der Waals surface area contributed by atoms with Crippen molar-refractivity contribution in [2.75, 3.05) is 71.9 Å². The number of carbonyl (C=O) groups is 1. The van der Waals surface area contributed by atoms with Gasteiger partial charge in [-0.25, -0.2) is 9.97 Å². The number of methoxy groups -OCH3 is 1. The lowest BCUT2D eigenvalue weighted by molar-refractivity contribution is -0.112. The van der Waals surface area contributed by atoms with Crippen LogP contribution in [0.4, 0.5) is 11.6 Å². The zero-order valence-electron chi connectivity index (χ0n) is 28.3. The summed E-state index contributed by atoms with van der Waals surface area (Å²) in [6, 6.07) is 4.02. The molecule has 0 aliphatic heterocycles. The predicted octanol–water partition coefficient (Wildman–Crippen LogP) is 5.68. The lowest BCUT2D eigenvalue weighted by Crippen LogP contribution is -2.15. The maximum absolute atomic E-state index is 10.1. The monoisotopic (exact) mass is 649 g/mol. The summed E-state index contributed by atoms with van der Waals surface area (Å²) in [5.74, 6) is 2.19. The molecule has 0 aliphatic carbocycles. The molecule has 0 saturated carbocycles. The SMILES string of the molecule is COC(C)(C)C.Cc1[nH]nc(Nc2ncnc3cc(OCCOCCOCCOCCOCC=O)c(SC(C)(C)C)cc23)c1C. The number of hydrogen-bond acceptors (Lipinski definition) is 12. The summed E-state index contributed by atoms with van der Waals surface area (Å²) in [5.41, 5.74) is 2.87. The third kappa shape index (κ3) is 15.4. The number of aromatic nitrogens is 4. The van der Waals surface area contributed by atoms with Crippen LogP contribution in [0.1, 0.15) is 52.8 Å². The van der Waals surface area contributed by atoms with Gasteiger partial charge in [-0.3, -0.25) is 5.10 Å². The number of fused-ring (bicyclic) bond motifs is 1. The fourth-order valence-electron chi connectivity index (χ4n) is 3.41. The van der Waals surface area contributed by atoms with Gasteiger partial charge >= 0.3 is 0 Å². The van der Waals surface area contributed by atoms with E-state index in [0.29, 0.717) is 65.0 Å². The Balaban J connectivity index is 0.00000107. The Hall–Kier alpha value is -2.81. The number of ether oxygens (including phenoxy) is 6. The molecule has 0 unspecified atom stereocenters. The minimum Gasteiger partial charge on any atom is -0.490 e. The van der Waals surface area contributed by atoms with Crippen molar-refractivity contribution in [3.05, 3.63) is 29.7 Å². The van der Waals surface area contributed by atoms with E-state index in [1.807, 2.05) is 40.7 Å². The third-order valence-corrected chi connectivity index (χ3v) is 7.16. The molecule has 3 aromatic rings. The minimum atomic E-state index is -0.0228. The predicted molar refractivity (Wildman–Crippen MR) is 178 cm³/mol. The second-order valence-electron chi connectivity index (χ2n) is 11.9. The first-order valence-electron chi connectivity index (χ1n) is 15.0. The first-order chi connectivity index (χ1) is 21.3. The molecule has 0 fully saturated rings. The largest absolute Gasteiger partial charge is 0.490 e. The molecule has 0 amide bonds. The molecule has 0 radical (unpaired) electrons. The average molecular weight is 650 g/mol. The van der Waals surface area contributed by atoms with E-state index in [9.17, 15) is 4.79 Å². The number of aromatic amines is 1. The quantitative estimate of drug-likeness (QED) is 0.0996. The molecule has 1 aromatic carbocycles. The molecule has 0 saturated heterocycles. The van der Waals surface area contributed by atoms with Gasteiger partial charge in [-0.1, -0.05) is 20.8 Å². The molecule has 0 atom stereocenters. The van der Waals surface area contributed by atoms with Crippen molar-refractivity contribution in [2.45, 2.75) is 70.6 Å². The number of thioether (sulfide) groups is 1. The van der Waals surface area contributed by atoms with Gasteiger partial charge in [-0.2, -0.15) is 5.10 Å². The van der Waals surface area contributed by atoms with Crippen LogP contribution >= 0.6 is 11.8 Å². The number of aryl methyl sites for hydroxylation is 1. The van der Waals surface area contributed by atoms with Gasteiger partial charge in [0.2, 0.25) is 0 Å². The molecule has 13 heteroatoms. The normalized spacial score (nSPS) is 11.8. The highest BCUT2D eigenvalue weighted by molar-refractivity contribution is 8.00. The van der Waals surface area contributed by atoms with E-state index in [2.05, 4.69) is 52.3 Å². The van der Waals surface area contributed by atoms with Gasteiger partial charge in [0.25, 0.3) is 0 Å². The summed E-state index contributed by atoms with van der Waals surface area (Å²) in [6.07, 6.45) is 2.25. The van der Waals surface area contributed by atoms with Crippen molar-refractivity contribution < 1.29 is 33.2 Å². The fraction of sp³-hybridized carbons (Fsp3) is 0.625. The van der Waals surface area contributed by atoms with Crippen molar-refractivity contribution in [1.29, 1.82) is 0 Å². The summed E-state index contributed by atoms with van der Waals surface area (Å²) < 4.78 is 32.5. The second-order valence-corrected chi connectivity index (χ2v) is 13.8. The summed E-state index contributed by atoms with van der Waals surface area (Å²) in [4.78, 5) is 20.1. The van der Waals surface area contributed by atoms with Crippen LogP contribution < -0.4 is 10.1 Å². The number of benzene rings is 1. The van der Waals surface area contributed by atoms with Crippen molar-refractivity contribution >= 4 is 40.6 Å². The van der Waals surface area contributed by atoms with Gasteiger partial charge in [0.15, 0.2) is 5.82 Å². The molecule has 0 spiro atoms. The smallest absolute Gasteiger partial charge is 0.156 e. The van der Waals surface area contributed by atoms with Gasteiger partial charge in [-0.05, 0) is 40.7 Å². The topological polar surface area (TPSA) is 139 Å². The highest BCUT2D eigenvalue weighted by atomic mass is 32.2. The molecule has 2 aromatic heterocycles. The number of hydrogen-bond donors (Lipinski definition) is 2. The number of rotatable bonds is 18. The van der Waals surface area contributed by atoms with E-state index in [0.717, 1.165) is 38.6 Å². The number of H-pyrrole nitrogens is 1. The maximum Gasteiger partial charge on any atom is 0.156 e. The van der Waals surface area contributed by atoms with Gasteiger partial charge < -0.3 is 38.5 Å². The van der Waals surface area contributed by atoms with Crippen molar-refractivity contribution in [2.24, 2.45) is 0 Å². The van der Waals surface area contributed by atoms with Crippen LogP contribution in [0.15, 0.2) is 23.4 Å². The Kier molecular flexibility index (Phi) is 16.8. The molecule has 2 heterocycles. The molecule has 0 aliphatic rings. The zero-order chi connectivity index (χ0) is 33.3. The Bertz CT molecular complexity index is 1290. The Morgan fingerprint density at radius 3 is 1.93 bits per heavy atom. The van der Waals surface area contributed by atoms with Crippen LogP contribution in [0.3, 0.4) is 0 Å². The Morgan fingerprint density at radius 1 is 0.844 bits per heavy atom. The summed E-state index contributed by atoms with van der Waals surface area (Å²) in [6.45, 7) is 20.2. The van der Waals surface area contributed by atoms with Gasteiger partial charge in [0.1, 0.15) is 37.4 Å². The van der Waals surface area contributed by atoms with Gasteiger partial charge in [0.05, 0.1) is 62.3 Å². The van der Waals surface area contributed by atoms with E-state index in [-0.39, 0.29) is 17.0 Å². The molecule has 2 N–H and O–H groups in total. The van der Waals surface area contributed by atoms with Crippen molar-refractivity contribution in [3.8, 4) is 5.75 Å². The highest BCUT2D eigenvalue weighted by Crippen LogP contribution is 2.41. The number of nitrogens with zero attached hydrogens (tertiary/aromatic N) is 3. The van der Waals surface area contributed by atoms with Gasteiger partial charge in [-0.15, -0.1) is 11.8 Å². The van der Waals surface area contributed by atoms with E-state index in [1.54, 1.807) is 18.9 Å². The Morgan fingerprint density at radius 2 is 1.42 bits per heavy atom. The third-order valence-electron chi connectivity index (χ3n) is 6.01. The number of aldehydes is 1. The average Bonchev–Trinajstić information content (AvgIpc) is 3.29. The molecule has 45 heavy (non-hydrogen) atoms. The molecule has 3 rings (SSSR count). The lowest BCUT2D eigenvalue weighted by atomic mass is 10.2. The molecular weight excluding hydrogens is 598 g/mol.